The molecule has 2 aliphatic rings. The number of carbonyl (C=O) groups excluding carboxylic acids is 1. The molecule has 0 bridgehead atoms. The summed E-state index contributed by atoms with van der Waals surface area (Å²) in [6.45, 7) is 6.62. The quantitative estimate of drug-likeness (QED) is 0.743. The highest BCUT2D eigenvalue weighted by Crippen LogP contribution is 2.24. The molecule has 0 saturated carbocycles. The van der Waals surface area contributed by atoms with E-state index in [1.165, 1.54) is 0 Å². The van der Waals surface area contributed by atoms with Crippen molar-refractivity contribution in [2.75, 3.05) is 50.8 Å². The number of halogens is 2. The predicted octanol–water partition coefficient (Wildman–Crippen LogP) is 0.152. The maximum atomic E-state index is 12.6. The van der Waals surface area contributed by atoms with E-state index >= 15 is 0 Å². The average Bonchev–Trinajstić information content (AvgIpc) is 3.02. The summed E-state index contributed by atoms with van der Waals surface area (Å²) in [4.78, 5) is 25.8. The molecule has 4 heterocycles. The minimum atomic E-state index is -0.216. The molecule has 2 aliphatic heterocycles. The summed E-state index contributed by atoms with van der Waals surface area (Å²) in [5.41, 5.74) is 0.838. The first-order chi connectivity index (χ1) is 12.1. The largest absolute Gasteiger partial charge is 0.378 e. The molecule has 2 fully saturated rings. The van der Waals surface area contributed by atoms with Crippen LogP contribution in [0.15, 0.2) is 6.20 Å². The van der Waals surface area contributed by atoms with Crippen LogP contribution in [0.5, 0.6) is 0 Å². The number of aryl methyl sites for hydroxylation is 2. The molecule has 4 rings (SSSR count). The van der Waals surface area contributed by atoms with E-state index in [1.54, 1.807) is 4.68 Å². The summed E-state index contributed by atoms with van der Waals surface area (Å²) < 4.78 is 7.17. The Morgan fingerprint density at radius 1 is 1.22 bits per heavy atom. The van der Waals surface area contributed by atoms with Crippen LogP contribution in [0.25, 0.3) is 11.0 Å². The SMILES string of the molecule is Cc1nc(N2CCN(C(=O)C3COCCN3)CC2)c2cnn(C)c2n1.Cl.Cl. The maximum absolute atomic E-state index is 12.6. The fraction of sp³-hybridized carbons (Fsp3) is 0.625. The van der Waals surface area contributed by atoms with Gasteiger partial charge in [-0.2, -0.15) is 5.10 Å². The Morgan fingerprint density at radius 3 is 2.63 bits per heavy atom. The van der Waals surface area contributed by atoms with E-state index < -0.39 is 0 Å². The number of fused-ring (bicyclic) bond motifs is 1. The molecule has 9 nitrogen and oxygen atoms in total. The van der Waals surface area contributed by atoms with E-state index in [4.69, 9.17) is 4.74 Å². The number of anilines is 1. The van der Waals surface area contributed by atoms with Gasteiger partial charge in [-0.1, -0.05) is 0 Å². The van der Waals surface area contributed by atoms with Gasteiger partial charge in [0.25, 0.3) is 0 Å². The predicted molar refractivity (Wildman–Crippen MR) is 107 cm³/mol. The van der Waals surface area contributed by atoms with Crippen molar-refractivity contribution in [1.29, 1.82) is 0 Å². The number of nitrogens with zero attached hydrogens (tertiary/aromatic N) is 6. The van der Waals surface area contributed by atoms with Gasteiger partial charge in [0.15, 0.2) is 5.65 Å². The second-order valence-corrected chi connectivity index (χ2v) is 6.49. The minimum absolute atomic E-state index is 0. The Morgan fingerprint density at radius 2 is 1.96 bits per heavy atom. The zero-order valence-corrected chi connectivity index (χ0v) is 17.1. The van der Waals surface area contributed by atoms with Crippen LogP contribution < -0.4 is 10.2 Å². The molecule has 1 N–H and O–H groups in total. The van der Waals surface area contributed by atoms with Crippen LogP contribution in [0.1, 0.15) is 5.82 Å². The molecule has 0 spiro atoms. The summed E-state index contributed by atoms with van der Waals surface area (Å²) >= 11 is 0. The number of rotatable bonds is 2. The third-order valence-electron chi connectivity index (χ3n) is 4.79. The summed E-state index contributed by atoms with van der Waals surface area (Å²) in [6, 6.07) is -0.216. The van der Waals surface area contributed by atoms with Gasteiger partial charge in [0.2, 0.25) is 5.91 Å². The Balaban J connectivity index is 0.00000131. The second-order valence-electron chi connectivity index (χ2n) is 6.49. The maximum Gasteiger partial charge on any atom is 0.242 e. The van der Waals surface area contributed by atoms with Crippen molar-refractivity contribution in [3.8, 4) is 0 Å². The second kappa shape index (κ2) is 9.01. The molecule has 2 saturated heterocycles. The van der Waals surface area contributed by atoms with Crippen molar-refractivity contribution in [1.82, 2.24) is 30.0 Å². The lowest BCUT2D eigenvalue weighted by Gasteiger charge is -2.37. The Labute approximate surface area is 170 Å². The number of morpholine rings is 1. The van der Waals surface area contributed by atoms with Crippen molar-refractivity contribution in [3.05, 3.63) is 12.0 Å². The first kappa shape index (κ1) is 21.6. The standard InChI is InChI=1S/C16H23N7O2.2ClH/c1-11-19-14-12(9-18-21(14)2)15(20-11)22-4-6-23(7-5-22)16(24)13-10-25-8-3-17-13;;/h9,13,17H,3-8,10H2,1-2H3;2*1H. The van der Waals surface area contributed by atoms with Crippen LogP contribution in [0.4, 0.5) is 5.82 Å². The molecular weight excluding hydrogens is 393 g/mol. The molecule has 1 atom stereocenters. The van der Waals surface area contributed by atoms with Gasteiger partial charge in [0.05, 0.1) is 24.8 Å². The normalized spacial score (nSPS) is 20.1. The molecule has 2 aromatic heterocycles. The Kier molecular flexibility index (Phi) is 7.21. The number of amides is 1. The Hall–Kier alpha value is -1.68. The van der Waals surface area contributed by atoms with Gasteiger partial charge in [-0.05, 0) is 6.92 Å². The molecule has 1 unspecified atom stereocenters. The molecular formula is C16H25Cl2N7O2. The smallest absolute Gasteiger partial charge is 0.242 e. The van der Waals surface area contributed by atoms with Gasteiger partial charge in [0, 0.05) is 39.8 Å². The first-order valence-corrected chi connectivity index (χ1v) is 8.64. The summed E-state index contributed by atoms with van der Waals surface area (Å²) in [7, 11) is 1.88. The van der Waals surface area contributed by atoms with Gasteiger partial charge in [0.1, 0.15) is 17.7 Å². The van der Waals surface area contributed by atoms with Crippen LogP contribution >= 0.6 is 24.8 Å². The number of aromatic nitrogens is 4. The highest BCUT2D eigenvalue weighted by molar-refractivity contribution is 5.87. The molecule has 0 aromatic carbocycles. The van der Waals surface area contributed by atoms with Gasteiger partial charge < -0.3 is 19.9 Å². The summed E-state index contributed by atoms with van der Waals surface area (Å²) in [6.07, 6.45) is 1.81. The lowest BCUT2D eigenvalue weighted by atomic mass is 10.2. The first-order valence-electron chi connectivity index (χ1n) is 8.64. The number of hydrogen-bond acceptors (Lipinski definition) is 7. The fourth-order valence-electron chi connectivity index (χ4n) is 3.44. The molecule has 2 aromatic rings. The van der Waals surface area contributed by atoms with Crippen molar-refractivity contribution < 1.29 is 9.53 Å². The Bertz CT molecular complexity index is 786. The number of nitrogens with one attached hydrogen (secondary N) is 1. The molecule has 150 valence electrons. The van der Waals surface area contributed by atoms with E-state index in [9.17, 15) is 4.79 Å². The van der Waals surface area contributed by atoms with Crippen molar-refractivity contribution in [3.63, 3.8) is 0 Å². The lowest BCUT2D eigenvalue weighted by molar-refractivity contribution is -0.136. The summed E-state index contributed by atoms with van der Waals surface area (Å²) in [5, 5.41) is 8.48. The van der Waals surface area contributed by atoms with Gasteiger partial charge >= 0.3 is 0 Å². The van der Waals surface area contributed by atoms with Crippen LogP contribution in [0.3, 0.4) is 0 Å². The van der Waals surface area contributed by atoms with Crippen molar-refractivity contribution in [2.45, 2.75) is 13.0 Å². The molecule has 0 aliphatic carbocycles. The lowest BCUT2D eigenvalue weighted by Crippen LogP contribution is -2.57. The monoisotopic (exact) mass is 417 g/mol. The zero-order chi connectivity index (χ0) is 17.4. The third-order valence-corrected chi connectivity index (χ3v) is 4.79. The van der Waals surface area contributed by atoms with Crippen molar-refractivity contribution in [2.24, 2.45) is 7.05 Å². The van der Waals surface area contributed by atoms with Gasteiger partial charge in [-0.15, -0.1) is 24.8 Å². The summed E-state index contributed by atoms with van der Waals surface area (Å²) in [5.74, 6) is 1.76. The van der Waals surface area contributed by atoms with Gasteiger partial charge in [-0.3, -0.25) is 9.48 Å². The van der Waals surface area contributed by atoms with Crippen LogP contribution in [-0.4, -0.2) is 82.5 Å². The van der Waals surface area contributed by atoms with E-state index in [0.717, 1.165) is 42.3 Å². The average molecular weight is 418 g/mol. The number of carbonyl (C=O) groups is 1. The van der Waals surface area contributed by atoms with E-state index in [1.807, 2.05) is 25.1 Å². The minimum Gasteiger partial charge on any atom is -0.378 e. The van der Waals surface area contributed by atoms with E-state index in [-0.39, 0.29) is 36.8 Å². The molecule has 0 radical (unpaired) electrons. The molecule has 1 amide bonds. The topological polar surface area (TPSA) is 88.4 Å². The number of hydrogen-bond donors (Lipinski definition) is 1. The van der Waals surface area contributed by atoms with E-state index in [2.05, 4.69) is 25.3 Å². The highest BCUT2D eigenvalue weighted by atomic mass is 35.5. The zero-order valence-electron chi connectivity index (χ0n) is 15.4. The van der Waals surface area contributed by atoms with Crippen LogP contribution in [-0.2, 0) is 16.6 Å². The molecule has 11 heteroatoms. The molecule has 27 heavy (non-hydrogen) atoms. The number of piperazine rings is 1. The number of ether oxygens (including phenoxy) is 1. The third kappa shape index (κ3) is 4.26. The highest BCUT2D eigenvalue weighted by Gasteiger charge is 2.29. The van der Waals surface area contributed by atoms with Crippen molar-refractivity contribution >= 4 is 47.6 Å². The van der Waals surface area contributed by atoms with Crippen LogP contribution in [0, 0.1) is 6.92 Å². The van der Waals surface area contributed by atoms with Crippen LogP contribution in [0.2, 0.25) is 0 Å². The fourth-order valence-corrected chi connectivity index (χ4v) is 3.44. The van der Waals surface area contributed by atoms with Gasteiger partial charge in [-0.25, -0.2) is 9.97 Å². The van der Waals surface area contributed by atoms with E-state index in [0.29, 0.717) is 26.3 Å².